The smallest absolute Gasteiger partial charge is 0.303 e. The summed E-state index contributed by atoms with van der Waals surface area (Å²) in [6, 6.07) is 3.89. The van der Waals surface area contributed by atoms with E-state index in [1.807, 2.05) is 19.1 Å². The van der Waals surface area contributed by atoms with Crippen molar-refractivity contribution in [3.8, 4) is 0 Å². The fourth-order valence-electron chi connectivity index (χ4n) is 2.20. The predicted octanol–water partition coefficient (Wildman–Crippen LogP) is 1.46. The van der Waals surface area contributed by atoms with E-state index in [4.69, 9.17) is 9.84 Å². The Bertz CT molecular complexity index is 373. The number of aromatic nitrogens is 1. The molecule has 0 saturated carbocycles. The minimum atomic E-state index is -0.757. The molecular weight excluding hydrogens is 206 g/mol. The highest BCUT2D eigenvalue weighted by atomic mass is 16.5. The topological polar surface area (TPSA) is 59.4 Å². The van der Waals surface area contributed by atoms with E-state index in [-0.39, 0.29) is 17.8 Å². The lowest BCUT2D eigenvalue weighted by molar-refractivity contribution is -0.142. The van der Waals surface area contributed by atoms with Gasteiger partial charge in [0.2, 0.25) is 0 Å². The van der Waals surface area contributed by atoms with Gasteiger partial charge in [0.05, 0.1) is 13.2 Å². The molecule has 1 N–H and O–H groups in total. The molecule has 2 rings (SSSR count). The monoisotopic (exact) mass is 221 g/mol. The summed E-state index contributed by atoms with van der Waals surface area (Å²) in [5.41, 5.74) is 0.990. The van der Waals surface area contributed by atoms with Crippen molar-refractivity contribution in [1.29, 1.82) is 0 Å². The molecule has 0 aliphatic carbocycles. The van der Waals surface area contributed by atoms with Crippen molar-refractivity contribution in [1.82, 2.24) is 4.98 Å². The van der Waals surface area contributed by atoms with Crippen LogP contribution in [0.2, 0.25) is 0 Å². The Morgan fingerprint density at radius 2 is 2.19 bits per heavy atom. The largest absolute Gasteiger partial charge is 0.481 e. The Balaban J connectivity index is 2.23. The van der Waals surface area contributed by atoms with Gasteiger partial charge in [-0.3, -0.25) is 9.78 Å². The summed E-state index contributed by atoms with van der Waals surface area (Å²) in [5.74, 6) is -0.686. The van der Waals surface area contributed by atoms with E-state index in [1.165, 1.54) is 0 Å². The molecule has 0 radical (unpaired) electrons. The number of carboxylic acid groups (broad SMARTS) is 1. The van der Waals surface area contributed by atoms with Gasteiger partial charge < -0.3 is 9.84 Å². The molecule has 1 aromatic rings. The van der Waals surface area contributed by atoms with Gasteiger partial charge in [0.1, 0.15) is 0 Å². The number of carbonyl (C=O) groups is 1. The van der Waals surface area contributed by atoms with Gasteiger partial charge in [0, 0.05) is 24.2 Å². The van der Waals surface area contributed by atoms with E-state index in [1.54, 1.807) is 12.4 Å². The SMILES string of the molecule is CC(CC(=O)O)C1(c2ccncc2)COC1. The second-order valence-electron chi connectivity index (χ2n) is 4.38. The second kappa shape index (κ2) is 4.22. The summed E-state index contributed by atoms with van der Waals surface area (Å²) in [7, 11) is 0. The van der Waals surface area contributed by atoms with Crippen molar-refractivity contribution in [2.75, 3.05) is 13.2 Å². The van der Waals surface area contributed by atoms with Crippen LogP contribution in [-0.4, -0.2) is 29.3 Å². The molecule has 86 valence electrons. The zero-order chi connectivity index (χ0) is 11.6. The van der Waals surface area contributed by atoms with Crippen LogP contribution in [0.15, 0.2) is 24.5 Å². The third-order valence-corrected chi connectivity index (χ3v) is 3.40. The minimum Gasteiger partial charge on any atom is -0.481 e. The van der Waals surface area contributed by atoms with Crippen LogP contribution in [0.4, 0.5) is 0 Å². The highest BCUT2D eigenvalue weighted by Gasteiger charge is 2.45. The Hall–Kier alpha value is -1.42. The summed E-state index contributed by atoms with van der Waals surface area (Å²) in [6.45, 7) is 3.17. The van der Waals surface area contributed by atoms with Crippen LogP contribution in [-0.2, 0) is 14.9 Å². The third kappa shape index (κ3) is 1.80. The first-order valence-electron chi connectivity index (χ1n) is 5.35. The van der Waals surface area contributed by atoms with Crippen molar-refractivity contribution in [2.24, 2.45) is 5.92 Å². The third-order valence-electron chi connectivity index (χ3n) is 3.40. The Morgan fingerprint density at radius 3 is 2.62 bits per heavy atom. The maximum absolute atomic E-state index is 10.8. The van der Waals surface area contributed by atoms with Crippen LogP contribution < -0.4 is 0 Å². The standard InChI is InChI=1S/C12H15NO3/c1-9(6-11(14)15)12(7-16-8-12)10-2-4-13-5-3-10/h2-5,9H,6-8H2,1H3,(H,14,15). The van der Waals surface area contributed by atoms with E-state index in [9.17, 15) is 4.79 Å². The molecule has 0 bridgehead atoms. The first kappa shape index (κ1) is 11.1. The van der Waals surface area contributed by atoms with Crippen LogP contribution in [0.25, 0.3) is 0 Å². The summed E-state index contributed by atoms with van der Waals surface area (Å²) in [6.07, 6.45) is 3.65. The minimum absolute atomic E-state index is 0.0705. The fourth-order valence-corrected chi connectivity index (χ4v) is 2.20. The van der Waals surface area contributed by atoms with Crippen molar-refractivity contribution < 1.29 is 14.6 Å². The molecule has 0 aromatic carbocycles. The van der Waals surface area contributed by atoms with Crippen LogP contribution in [0, 0.1) is 5.92 Å². The zero-order valence-electron chi connectivity index (χ0n) is 9.22. The molecule has 1 saturated heterocycles. The fraction of sp³-hybridized carbons (Fsp3) is 0.500. The number of rotatable bonds is 4. The van der Waals surface area contributed by atoms with Crippen LogP contribution in [0.3, 0.4) is 0 Å². The Kier molecular flexibility index (Phi) is 2.92. The number of aliphatic carboxylic acids is 1. The summed E-state index contributed by atoms with van der Waals surface area (Å²) < 4.78 is 5.28. The summed E-state index contributed by atoms with van der Waals surface area (Å²) >= 11 is 0. The van der Waals surface area contributed by atoms with Gasteiger partial charge in [-0.05, 0) is 23.6 Å². The molecule has 1 atom stereocenters. The van der Waals surface area contributed by atoms with Gasteiger partial charge >= 0.3 is 5.97 Å². The van der Waals surface area contributed by atoms with Crippen molar-refractivity contribution in [3.05, 3.63) is 30.1 Å². The van der Waals surface area contributed by atoms with E-state index >= 15 is 0 Å². The molecule has 0 amide bonds. The first-order valence-corrected chi connectivity index (χ1v) is 5.35. The zero-order valence-corrected chi connectivity index (χ0v) is 9.22. The van der Waals surface area contributed by atoms with Gasteiger partial charge in [-0.15, -0.1) is 0 Å². The van der Waals surface area contributed by atoms with E-state index in [0.717, 1.165) is 5.56 Å². The van der Waals surface area contributed by atoms with Gasteiger partial charge in [0.15, 0.2) is 0 Å². The van der Waals surface area contributed by atoms with Crippen molar-refractivity contribution >= 4 is 5.97 Å². The van der Waals surface area contributed by atoms with E-state index in [2.05, 4.69) is 4.98 Å². The number of carboxylic acids is 1. The molecular formula is C12H15NO3. The van der Waals surface area contributed by atoms with Crippen molar-refractivity contribution in [3.63, 3.8) is 0 Å². The number of nitrogens with zero attached hydrogens (tertiary/aromatic N) is 1. The molecule has 16 heavy (non-hydrogen) atoms. The average molecular weight is 221 g/mol. The van der Waals surface area contributed by atoms with E-state index in [0.29, 0.717) is 13.2 Å². The maximum Gasteiger partial charge on any atom is 0.303 e. The maximum atomic E-state index is 10.8. The van der Waals surface area contributed by atoms with Crippen LogP contribution in [0.5, 0.6) is 0 Å². The number of hydrogen-bond donors (Lipinski definition) is 1. The van der Waals surface area contributed by atoms with Gasteiger partial charge in [-0.2, -0.15) is 0 Å². The molecule has 4 heteroatoms. The molecule has 1 aromatic heterocycles. The molecule has 1 fully saturated rings. The lowest BCUT2D eigenvalue weighted by Gasteiger charge is -2.46. The Labute approximate surface area is 94.3 Å². The highest BCUT2D eigenvalue weighted by Crippen LogP contribution is 2.40. The molecule has 1 aliphatic heterocycles. The van der Waals surface area contributed by atoms with Crippen LogP contribution >= 0.6 is 0 Å². The first-order chi connectivity index (χ1) is 7.65. The van der Waals surface area contributed by atoms with Gasteiger partial charge in [-0.25, -0.2) is 0 Å². The predicted molar refractivity (Wildman–Crippen MR) is 58.2 cm³/mol. The highest BCUT2D eigenvalue weighted by molar-refractivity contribution is 5.67. The lowest BCUT2D eigenvalue weighted by atomic mass is 9.68. The average Bonchev–Trinajstić information content (AvgIpc) is 2.16. The Morgan fingerprint density at radius 1 is 1.56 bits per heavy atom. The van der Waals surface area contributed by atoms with Gasteiger partial charge in [0.25, 0.3) is 0 Å². The number of pyridine rings is 1. The number of hydrogen-bond acceptors (Lipinski definition) is 3. The van der Waals surface area contributed by atoms with E-state index < -0.39 is 5.97 Å². The molecule has 0 spiro atoms. The molecule has 4 nitrogen and oxygen atoms in total. The molecule has 1 unspecified atom stereocenters. The van der Waals surface area contributed by atoms with Crippen molar-refractivity contribution in [2.45, 2.75) is 18.8 Å². The number of ether oxygens (including phenoxy) is 1. The lowest BCUT2D eigenvalue weighted by Crippen LogP contribution is -2.52. The molecule has 2 heterocycles. The molecule has 1 aliphatic rings. The van der Waals surface area contributed by atoms with Crippen LogP contribution in [0.1, 0.15) is 18.9 Å². The van der Waals surface area contributed by atoms with Gasteiger partial charge in [-0.1, -0.05) is 6.92 Å². The normalized spacial score (nSPS) is 19.8. The summed E-state index contributed by atoms with van der Waals surface area (Å²) in [5, 5.41) is 8.86. The second-order valence-corrected chi connectivity index (χ2v) is 4.38. The quantitative estimate of drug-likeness (QED) is 0.836. The summed E-state index contributed by atoms with van der Waals surface area (Å²) in [4.78, 5) is 14.8.